The molecule has 1 heterocycles. The van der Waals surface area contributed by atoms with Crippen LogP contribution in [0.15, 0.2) is 83.8 Å². The van der Waals surface area contributed by atoms with Crippen molar-refractivity contribution >= 4 is 40.3 Å². The van der Waals surface area contributed by atoms with Crippen LogP contribution in [0.5, 0.6) is 5.75 Å². The zero-order valence-corrected chi connectivity index (χ0v) is 18.2. The van der Waals surface area contributed by atoms with E-state index >= 15 is 0 Å². The molecule has 0 N–H and O–H groups in total. The average molecular weight is 432 g/mol. The molecule has 0 saturated carbocycles. The van der Waals surface area contributed by atoms with E-state index in [1.807, 2.05) is 60.7 Å². The fourth-order valence-electron chi connectivity index (χ4n) is 3.12. The summed E-state index contributed by atoms with van der Waals surface area (Å²) in [5, 5.41) is 0. The second-order valence-electron chi connectivity index (χ2n) is 7.07. The first-order valence-corrected chi connectivity index (χ1v) is 10.9. The molecule has 3 nitrogen and oxygen atoms in total. The highest BCUT2D eigenvalue weighted by Gasteiger charge is 2.32. The molecule has 0 radical (unpaired) electrons. The zero-order valence-electron chi connectivity index (χ0n) is 16.6. The summed E-state index contributed by atoms with van der Waals surface area (Å²) in [5.41, 5.74) is 4.24. The van der Waals surface area contributed by atoms with Crippen molar-refractivity contribution in [3.05, 3.63) is 106 Å². The summed E-state index contributed by atoms with van der Waals surface area (Å²) in [7, 11) is 0. The van der Waals surface area contributed by atoms with Crippen LogP contribution < -0.4 is 4.74 Å². The molecule has 0 spiro atoms. The molecule has 1 aliphatic rings. The number of thiocarbonyl (C=S) groups is 1. The van der Waals surface area contributed by atoms with E-state index in [0.717, 1.165) is 22.4 Å². The third-order valence-corrected chi connectivity index (χ3v) is 6.16. The maximum atomic E-state index is 13.0. The maximum absolute atomic E-state index is 13.0. The van der Waals surface area contributed by atoms with Gasteiger partial charge >= 0.3 is 0 Å². The van der Waals surface area contributed by atoms with Crippen LogP contribution >= 0.6 is 24.0 Å². The van der Waals surface area contributed by atoms with Gasteiger partial charge in [0, 0.05) is 5.56 Å². The predicted octanol–water partition coefficient (Wildman–Crippen LogP) is 5.98. The van der Waals surface area contributed by atoms with Crippen LogP contribution in [0.3, 0.4) is 0 Å². The van der Waals surface area contributed by atoms with Gasteiger partial charge in [-0.3, -0.25) is 9.69 Å². The van der Waals surface area contributed by atoms with Crippen LogP contribution in [-0.4, -0.2) is 15.1 Å². The molecular weight excluding hydrogens is 410 g/mol. The van der Waals surface area contributed by atoms with Gasteiger partial charge < -0.3 is 4.74 Å². The minimum Gasteiger partial charge on any atom is -0.488 e. The van der Waals surface area contributed by atoms with Crippen molar-refractivity contribution in [1.82, 2.24) is 4.90 Å². The smallest absolute Gasteiger partial charge is 0.266 e. The van der Waals surface area contributed by atoms with Crippen molar-refractivity contribution in [2.75, 3.05) is 0 Å². The molecule has 1 fully saturated rings. The normalized spacial score (nSPS) is 15.1. The molecule has 0 bridgehead atoms. The first-order chi connectivity index (χ1) is 14.6. The van der Waals surface area contributed by atoms with Gasteiger partial charge in [-0.25, -0.2) is 0 Å². The highest BCUT2D eigenvalue weighted by molar-refractivity contribution is 8.26. The minimum atomic E-state index is -0.0674. The zero-order chi connectivity index (χ0) is 20.9. The summed E-state index contributed by atoms with van der Waals surface area (Å²) in [4.78, 5) is 15.2. The Morgan fingerprint density at radius 2 is 1.63 bits per heavy atom. The Morgan fingerprint density at radius 3 is 2.40 bits per heavy atom. The van der Waals surface area contributed by atoms with Crippen molar-refractivity contribution < 1.29 is 9.53 Å². The Kier molecular flexibility index (Phi) is 6.31. The number of hydrogen-bond acceptors (Lipinski definition) is 4. The molecule has 0 unspecified atom stereocenters. The summed E-state index contributed by atoms with van der Waals surface area (Å²) < 4.78 is 6.62. The number of rotatable bonds is 6. The summed E-state index contributed by atoms with van der Waals surface area (Å²) in [5.74, 6) is 0.675. The number of carbonyl (C=O) groups excluding carboxylic acids is 1. The lowest BCUT2D eigenvalue weighted by Gasteiger charge is -2.14. The highest BCUT2D eigenvalue weighted by Crippen LogP contribution is 2.35. The number of para-hydroxylation sites is 1. The van der Waals surface area contributed by atoms with Crippen LogP contribution in [0, 0.1) is 6.92 Å². The topological polar surface area (TPSA) is 29.5 Å². The van der Waals surface area contributed by atoms with E-state index in [4.69, 9.17) is 17.0 Å². The first-order valence-electron chi connectivity index (χ1n) is 9.67. The lowest BCUT2D eigenvalue weighted by molar-refractivity contribution is -0.122. The number of thioether (sulfide) groups is 1. The van der Waals surface area contributed by atoms with E-state index in [9.17, 15) is 4.79 Å². The standard InChI is InChI=1S/C25H21NO2S2/c1-18-11-13-20(14-12-18)17-28-22-10-6-5-9-21(22)15-23-24(27)26(25(29)30-23)16-19-7-3-2-4-8-19/h2-15H,16-17H2,1H3/b23-15+. The molecule has 3 aromatic carbocycles. The number of amides is 1. The summed E-state index contributed by atoms with van der Waals surface area (Å²) in [6, 6.07) is 25.9. The Labute approximate surface area is 186 Å². The first kappa shape index (κ1) is 20.4. The van der Waals surface area contributed by atoms with E-state index in [1.165, 1.54) is 17.3 Å². The third-order valence-electron chi connectivity index (χ3n) is 4.78. The lowest BCUT2D eigenvalue weighted by Crippen LogP contribution is -2.27. The number of ether oxygens (including phenoxy) is 1. The largest absolute Gasteiger partial charge is 0.488 e. The highest BCUT2D eigenvalue weighted by atomic mass is 32.2. The summed E-state index contributed by atoms with van der Waals surface area (Å²) in [6.07, 6.45) is 1.87. The quantitative estimate of drug-likeness (QED) is 0.355. The fourth-order valence-corrected chi connectivity index (χ4v) is 4.37. The Balaban J connectivity index is 1.51. The molecule has 0 atom stereocenters. The van der Waals surface area contributed by atoms with Crippen molar-refractivity contribution in [1.29, 1.82) is 0 Å². The Hall–Kier alpha value is -2.89. The van der Waals surface area contributed by atoms with E-state index in [0.29, 0.717) is 22.4 Å². The van der Waals surface area contributed by atoms with Crippen molar-refractivity contribution in [3.63, 3.8) is 0 Å². The van der Waals surface area contributed by atoms with Gasteiger partial charge in [-0.15, -0.1) is 0 Å². The number of hydrogen-bond donors (Lipinski definition) is 0. The second kappa shape index (κ2) is 9.28. The molecule has 4 rings (SSSR count). The molecule has 150 valence electrons. The molecule has 3 aromatic rings. The molecule has 0 aliphatic carbocycles. The van der Waals surface area contributed by atoms with Crippen LogP contribution in [0.2, 0.25) is 0 Å². The van der Waals surface area contributed by atoms with Gasteiger partial charge in [-0.05, 0) is 30.2 Å². The fraction of sp³-hybridized carbons (Fsp3) is 0.120. The van der Waals surface area contributed by atoms with Crippen LogP contribution in [-0.2, 0) is 17.9 Å². The predicted molar refractivity (Wildman–Crippen MR) is 127 cm³/mol. The summed E-state index contributed by atoms with van der Waals surface area (Å²) >= 11 is 6.80. The van der Waals surface area contributed by atoms with Gasteiger partial charge in [0.1, 0.15) is 16.7 Å². The van der Waals surface area contributed by atoms with Gasteiger partial charge in [-0.2, -0.15) is 0 Å². The molecule has 1 aliphatic heterocycles. The number of benzene rings is 3. The lowest BCUT2D eigenvalue weighted by atomic mass is 10.1. The molecule has 0 aromatic heterocycles. The van der Waals surface area contributed by atoms with Crippen molar-refractivity contribution in [3.8, 4) is 5.75 Å². The number of aryl methyl sites for hydroxylation is 1. The number of nitrogens with zero attached hydrogens (tertiary/aromatic N) is 1. The molecule has 1 saturated heterocycles. The Bertz CT molecular complexity index is 1090. The van der Waals surface area contributed by atoms with Crippen LogP contribution in [0.4, 0.5) is 0 Å². The Morgan fingerprint density at radius 1 is 0.933 bits per heavy atom. The van der Waals surface area contributed by atoms with E-state index < -0.39 is 0 Å². The van der Waals surface area contributed by atoms with Crippen LogP contribution in [0.25, 0.3) is 6.08 Å². The SMILES string of the molecule is Cc1ccc(COc2ccccc2/C=C2/SC(=S)N(Cc3ccccc3)C2=O)cc1. The summed E-state index contributed by atoms with van der Waals surface area (Å²) in [6.45, 7) is 3.02. The van der Waals surface area contributed by atoms with Crippen molar-refractivity contribution in [2.24, 2.45) is 0 Å². The molecule has 5 heteroatoms. The molecule has 30 heavy (non-hydrogen) atoms. The van der Waals surface area contributed by atoms with Crippen LogP contribution in [0.1, 0.15) is 22.3 Å². The van der Waals surface area contributed by atoms with E-state index in [2.05, 4.69) is 31.2 Å². The second-order valence-corrected chi connectivity index (χ2v) is 8.74. The van der Waals surface area contributed by atoms with Gasteiger partial charge in [0.25, 0.3) is 5.91 Å². The molecule has 1 amide bonds. The molecular formula is C25H21NO2S2. The van der Waals surface area contributed by atoms with Gasteiger partial charge in [0.15, 0.2) is 0 Å². The van der Waals surface area contributed by atoms with E-state index in [-0.39, 0.29) is 5.91 Å². The van der Waals surface area contributed by atoms with E-state index in [1.54, 1.807) is 4.90 Å². The van der Waals surface area contributed by atoms with Crippen molar-refractivity contribution in [2.45, 2.75) is 20.1 Å². The third kappa shape index (κ3) is 4.81. The average Bonchev–Trinajstić information content (AvgIpc) is 3.02. The van der Waals surface area contributed by atoms with Gasteiger partial charge in [-0.1, -0.05) is 102 Å². The maximum Gasteiger partial charge on any atom is 0.266 e. The monoisotopic (exact) mass is 431 g/mol. The minimum absolute atomic E-state index is 0.0674. The van der Waals surface area contributed by atoms with Gasteiger partial charge in [0.2, 0.25) is 0 Å². The van der Waals surface area contributed by atoms with Gasteiger partial charge in [0.05, 0.1) is 11.4 Å². The number of carbonyl (C=O) groups is 1.